The fraction of sp³-hybridized carbons (Fsp3) is 0.308. The Morgan fingerprint density at radius 2 is 1.81 bits per heavy atom. The van der Waals surface area contributed by atoms with Gasteiger partial charge in [0.2, 0.25) is 5.91 Å². The highest BCUT2D eigenvalue weighted by molar-refractivity contribution is 5.93. The summed E-state index contributed by atoms with van der Waals surface area (Å²) in [4.78, 5) is 29.3. The van der Waals surface area contributed by atoms with Crippen LogP contribution in [0.5, 0.6) is 0 Å². The molecule has 36 heavy (non-hydrogen) atoms. The van der Waals surface area contributed by atoms with Gasteiger partial charge in [-0.1, -0.05) is 24.3 Å². The molecule has 1 aliphatic heterocycles. The van der Waals surface area contributed by atoms with Crippen LogP contribution < -0.4 is 5.32 Å². The largest absolute Gasteiger partial charge is 0.418 e. The third-order valence-electron chi connectivity index (χ3n) is 6.19. The maximum atomic E-state index is 14.0. The van der Waals surface area contributed by atoms with Crippen LogP contribution in [0.3, 0.4) is 0 Å². The zero-order valence-corrected chi connectivity index (χ0v) is 19.8. The van der Waals surface area contributed by atoms with Crippen LogP contribution in [0.1, 0.15) is 36.7 Å². The van der Waals surface area contributed by atoms with Crippen molar-refractivity contribution in [2.24, 2.45) is 0 Å². The second kappa shape index (κ2) is 10.0. The number of benzene rings is 2. The number of nitrogens with one attached hydrogen (secondary N) is 1. The number of hydrogen-bond donors (Lipinski definition) is 1. The summed E-state index contributed by atoms with van der Waals surface area (Å²) in [6, 6.07) is 12.5. The smallest absolute Gasteiger partial charge is 0.348 e. The fourth-order valence-corrected chi connectivity index (χ4v) is 4.43. The van der Waals surface area contributed by atoms with Crippen molar-refractivity contribution in [3.63, 3.8) is 0 Å². The molecule has 2 aromatic carbocycles. The first-order valence-corrected chi connectivity index (χ1v) is 11.5. The van der Waals surface area contributed by atoms with Crippen molar-refractivity contribution in [3.05, 3.63) is 89.5 Å². The molecule has 1 atom stereocenters. The number of urea groups is 1. The quantitative estimate of drug-likeness (QED) is 0.467. The molecule has 0 fully saturated rings. The number of fused-ring (bicyclic) bond motifs is 1. The Hall–Kier alpha value is -3.82. The van der Waals surface area contributed by atoms with E-state index in [-0.39, 0.29) is 12.2 Å². The second-order valence-corrected chi connectivity index (χ2v) is 8.87. The summed E-state index contributed by atoms with van der Waals surface area (Å²) in [5.41, 5.74) is 0.0281. The van der Waals surface area contributed by atoms with Gasteiger partial charge in [-0.25, -0.2) is 9.18 Å². The van der Waals surface area contributed by atoms with Crippen LogP contribution in [0, 0.1) is 5.82 Å². The van der Waals surface area contributed by atoms with Crippen LogP contribution >= 0.6 is 0 Å². The number of aromatic nitrogens is 1. The molecule has 0 radical (unpaired) electrons. The van der Waals surface area contributed by atoms with Gasteiger partial charge in [0.05, 0.1) is 17.3 Å². The molecule has 1 aromatic heterocycles. The van der Waals surface area contributed by atoms with E-state index >= 15 is 0 Å². The molecule has 0 bridgehead atoms. The minimum absolute atomic E-state index is 0.326. The number of rotatable bonds is 5. The van der Waals surface area contributed by atoms with E-state index in [0.717, 1.165) is 11.8 Å². The summed E-state index contributed by atoms with van der Waals surface area (Å²) in [5.74, 6) is -0.834. The first-order chi connectivity index (χ1) is 17.1. The van der Waals surface area contributed by atoms with E-state index in [4.69, 9.17) is 0 Å². The molecule has 3 aromatic rings. The van der Waals surface area contributed by atoms with Crippen LogP contribution in [0.15, 0.2) is 66.9 Å². The Kier molecular flexibility index (Phi) is 7.05. The molecule has 1 N–H and O–H groups in total. The summed E-state index contributed by atoms with van der Waals surface area (Å²) in [6.07, 6.45) is -2.77. The van der Waals surface area contributed by atoms with Gasteiger partial charge in [-0.2, -0.15) is 13.2 Å². The molecule has 0 aliphatic carbocycles. The first-order valence-electron chi connectivity index (χ1n) is 11.5. The van der Waals surface area contributed by atoms with E-state index in [1.54, 1.807) is 30.9 Å². The minimum Gasteiger partial charge on any atom is -0.348 e. The van der Waals surface area contributed by atoms with Gasteiger partial charge in [0.1, 0.15) is 12.4 Å². The van der Waals surface area contributed by atoms with E-state index in [0.29, 0.717) is 18.7 Å². The zero-order chi connectivity index (χ0) is 26.0. The third kappa shape index (κ3) is 5.22. The van der Waals surface area contributed by atoms with Gasteiger partial charge >= 0.3 is 12.2 Å². The van der Waals surface area contributed by atoms with Crippen LogP contribution in [-0.4, -0.2) is 45.4 Å². The maximum Gasteiger partial charge on any atom is 0.418 e. The molecule has 6 nitrogen and oxygen atoms in total. The van der Waals surface area contributed by atoms with E-state index in [2.05, 4.69) is 5.32 Å². The molecule has 0 spiro atoms. The van der Waals surface area contributed by atoms with E-state index < -0.39 is 41.6 Å². The Morgan fingerprint density at radius 3 is 2.50 bits per heavy atom. The number of nitrogens with zero attached hydrogens (tertiary/aromatic N) is 3. The number of halogens is 4. The molecule has 4 rings (SSSR count). The average Bonchev–Trinajstić information content (AvgIpc) is 3.30. The van der Waals surface area contributed by atoms with Gasteiger partial charge in [-0.15, -0.1) is 0 Å². The number of carbonyl (C=O) groups excluding carboxylic acids is 2. The third-order valence-corrected chi connectivity index (χ3v) is 6.19. The molecule has 2 heterocycles. The summed E-state index contributed by atoms with van der Waals surface area (Å²) in [5, 5.41) is 2.31. The molecule has 190 valence electrons. The minimum atomic E-state index is -4.65. The van der Waals surface area contributed by atoms with Crippen LogP contribution in [-0.2, 0) is 17.5 Å². The number of hydrogen-bond acceptors (Lipinski definition) is 2. The highest BCUT2D eigenvalue weighted by atomic mass is 19.4. The van der Waals surface area contributed by atoms with Crippen molar-refractivity contribution in [2.75, 3.05) is 18.4 Å². The lowest BCUT2D eigenvalue weighted by molar-refractivity contribution is -0.137. The van der Waals surface area contributed by atoms with Crippen LogP contribution in [0.2, 0.25) is 0 Å². The van der Waals surface area contributed by atoms with Gasteiger partial charge in [-0.3, -0.25) is 4.79 Å². The van der Waals surface area contributed by atoms with Crippen molar-refractivity contribution in [2.45, 2.75) is 38.7 Å². The number of carbonyl (C=O) groups is 2. The number of para-hydroxylation sites is 1. The fourth-order valence-electron chi connectivity index (χ4n) is 4.43. The monoisotopic (exact) mass is 502 g/mol. The van der Waals surface area contributed by atoms with E-state index in [9.17, 15) is 27.2 Å². The van der Waals surface area contributed by atoms with Crippen molar-refractivity contribution in [1.29, 1.82) is 0 Å². The SMILES string of the molecule is CC(C)N(CC(=O)N1CCn2cccc2[C@H]1c1cccc(F)c1)C(=O)Nc1ccccc1C(F)(F)F. The van der Waals surface area contributed by atoms with Gasteiger partial charge in [0.15, 0.2) is 0 Å². The molecular weight excluding hydrogens is 476 g/mol. The molecule has 0 saturated heterocycles. The molecule has 3 amide bonds. The van der Waals surface area contributed by atoms with Gasteiger partial charge in [0, 0.05) is 31.0 Å². The predicted molar refractivity (Wildman–Crippen MR) is 127 cm³/mol. The first kappa shape index (κ1) is 25.3. The molecule has 0 unspecified atom stereocenters. The van der Waals surface area contributed by atoms with Crippen molar-refractivity contribution >= 4 is 17.6 Å². The topological polar surface area (TPSA) is 57.6 Å². The zero-order valence-electron chi connectivity index (χ0n) is 19.8. The summed E-state index contributed by atoms with van der Waals surface area (Å²) in [7, 11) is 0. The predicted octanol–water partition coefficient (Wildman–Crippen LogP) is 5.52. The molecule has 1 aliphatic rings. The average molecular weight is 503 g/mol. The highest BCUT2D eigenvalue weighted by Crippen LogP contribution is 2.35. The summed E-state index contributed by atoms with van der Waals surface area (Å²) in [6.45, 7) is 3.84. The van der Waals surface area contributed by atoms with Gasteiger partial charge in [0.25, 0.3) is 0 Å². The second-order valence-electron chi connectivity index (χ2n) is 8.87. The van der Waals surface area contributed by atoms with Crippen molar-refractivity contribution in [3.8, 4) is 0 Å². The Labute approximate surface area is 206 Å². The van der Waals surface area contributed by atoms with Crippen molar-refractivity contribution < 1.29 is 27.2 Å². The Balaban J connectivity index is 1.58. The number of alkyl halides is 3. The van der Waals surface area contributed by atoms with Gasteiger partial charge < -0.3 is 19.7 Å². The summed E-state index contributed by atoms with van der Waals surface area (Å²) < 4.78 is 56.2. The summed E-state index contributed by atoms with van der Waals surface area (Å²) >= 11 is 0. The molecule has 0 saturated carbocycles. The van der Waals surface area contributed by atoms with E-state index in [1.807, 2.05) is 22.9 Å². The normalized spacial score (nSPS) is 15.5. The maximum absolute atomic E-state index is 14.0. The lowest BCUT2D eigenvalue weighted by Gasteiger charge is -2.39. The van der Waals surface area contributed by atoms with E-state index in [1.165, 1.54) is 35.2 Å². The van der Waals surface area contributed by atoms with Crippen LogP contribution in [0.4, 0.5) is 28.0 Å². The lowest BCUT2D eigenvalue weighted by atomic mass is 9.99. The Morgan fingerprint density at radius 1 is 1.06 bits per heavy atom. The van der Waals surface area contributed by atoms with Crippen molar-refractivity contribution in [1.82, 2.24) is 14.4 Å². The standard InChI is InChI=1S/C26H26F4N4O2/c1-17(2)34(25(36)31-21-10-4-3-9-20(21)26(28,29)30)16-23(35)33-14-13-32-12-6-11-22(32)24(33)18-7-5-8-19(27)15-18/h3-12,15,17,24H,13-14,16H2,1-2H3,(H,31,36)/t24-/m1/s1. The molecule has 10 heteroatoms. The van der Waals surface area contributed by atoms with Gasteiger partial charge in [-0.05, 0) is 55.8 Å². The number of amides is 3. The number of anilines is 1. The molecular formula is C26H26F4N4O2. The van der Waals surface area contributed by atoms with Crippen LogP contribution in [0.25, 0.3) is 0 Å². The Bertz CT molecular complexity index is 1250. The highest BCUT2D eigenvalue weighted by Gasteiger charge is 2.36. The lowest BCUT2D eigenvalue weighted by Crippen LogP contribution is -2.50.